The predicted octanol–water partition coefficient (Wildman–Crippen LogP) is 2.83. The zero-order valence-electron chi connectivity index (χ0n) is 10.9. The summed E-state index contributed by atoms with van der Waals surface area (Å²) in [5, 5.41) is 2.88. The first-order valence-corrected chi connectivity index (χ1v) is 6.00. The van der Waals surface area contributed by atoms with Gasteiger partial charge in [-0.05, 0) is 19.2 Å². The summed E-state index contributed by atoms with van der Waals surface area (Å²) in [6.45, 7) is 0.860. The Hall–Kier alpha value is -1.78. The van der Waals surface area contributed by atoms with Gasteiger partial charge in [-0.3, -0.25) is 0 Å². The Labute approximate surface area is 112 Å². The van der Waals surface area contributed by atoms with Crippen LogP contribution in [-0.4, -0.2) is 7.05 Å². The van der Waals surface area contributed by atoms with Crippen molar-refractivity contribution in [1.82, 2.24) is 5.32 Å². The number of benzene rings is 2. The van der Waals surface area contributed by atoms with Gasteiger partial charge in [-0.1, -0.05) is 36.4 Å². The van der Waals surface area contributed by atoms with Gasteiger partial charge in [-0.2, -0.15) is 0 Å². The van der Waals surface area contributed by atoms with E-state index in [4.69, 9.17) is 5.73 Å². The van der Waals surface area contributed by atoms with Crippen molar-refractivity contribution in [2.45, 2.75) is 13.1 Å². The summed E-state index contributed by atoms with van der Waals surface area (Å²) in [4.78, 5) is 0. The maximum atomic E-state index is 12.7. The second kappa shape index (κ2) is 8.34. The highest BCUT2D eigenvalue weighted by Gasteiger charge is 1.96. The zero-order chi connectivity index (χ0) is 14.1. The monoisotopic (exact) mass is 264 g/mol. The largest absolute Gasteiger partial charge is 0.326 e. The second-order valence-corrected chi connectivity index (χ2v) is 3.92. The number of nitrogens with one attached hydrogen (secondary N) is 1. The molecular formula is C15H18F2N2. The number of hydrogen-bond donors (Lipinski definition) is 2. The van der Waals surface area contributed by atoms with Crippen LogP contribution in [0.25, 0.3) is 0 Å². The van der Waals surface area contributed by atoms with E-state index in [0.717, 1.165) is 0 Å². The van der Waals surface area contributed by atoms with E-state index < -0.39 is 0 Å². The molecule has 0 saturated heterocycles. The lowest BCUT2D eigenvalue weighted by Gasteiger charge is -1.99. The van der Waals surface area contributed by atoms with Gasteiger partial charge in [0.15, 0.2) is 0 Å². The fourth-order valence-corrected chi connectivity index (χ4v) is 1.50. The smallest absolute Gasteiger partial charge is 0.127 e. The minimum Gasteiger partial charge on any atom is -0.326 e. The Morgan fingerprint density at radius 2 is 1.37 bits per heavy atom. The van der Waals surface area contributed by atoms with Gasteiger partial charge in [0.2, 0.25) is 0 Å². The van der Waals surface area contributed by atoms with E-state index >= 15 is 0 Å². The van der Waals surface area contributed by atoms with Gasteiger partial charge in [-0.15, -0.1) is 0 Å². The van der Waals surface area contributed by atoms with Gasteiger partial charge in [0, 0.05) is 24.2 Å². The molecule has 19 heavy (non-hydrogen) atoms. The molecule has 0 aliphatic rings. The first-order valence-electron chi connectivity index (χ1n) is 6.00. The highest BCUT2D eigenvalue weighted by Crippen LogP contribution is 2.04. The summed E-state index contributed by atoms with van der Waals surface area (Å²) < 4.78 is 25.2. The molecule has 102 valence electrons. The minimum atomic E-state index is -0.222. The van der Waals surface area contributed by atoms with Crippen LogP contribution in [0, 0.1) is 11.6 Å². The van der Waals surface area contributed by atoms with E-state index in [-0.39, 0.29) is 18.2 Å². The molecule has 0 amide bonds. The summed E-state index contributed by atoms with van der Waals surface area (Å²) in [6, 6.07) is 13.3. The Kier molecular flexibility index (Phi) is 6.71. The molecule has 0 atom stereocenters. The maximum absolute atomic E-state index is 12.7. The molecule has 0 aliphatic carbocycles. The molecule has 2 aromatic carbocycles. The van der Waals surface area contributed by atoms with Crippen molar-refractivity contribution in [3.8, 4) is 0 Å². The van der Waals surface area contributed by atoms with Crippen molar-refractivity contribution < 1.29 is 8.78 Å². The highest BCUT2D eigenvalue weighted by molar-refractivity contribution is 5.17. The quantitative estimate of drug-likeness (QED) is 0.894. The molecule has 0 spiro atoms. The van der Waals surface area contributed by atoms with Gasteiger partial charge < -0.3 is 11.1 Å². The van der Waals surface area contributed by atoms with Crippen LogP contribution in [0.1, 0.15) is 11.1 Å². The molecule has 0 saturated carbocycles. The Balaban J connectivity index is 0.000000191. The van der Waals surface area contributed by atoms with E-state index in [9.17, 15) is 8.78 Å². The first-order chi connectivity index (χ1) is 9.19. The molecule has 0 radical (unpaired) electrons. The first kappa shape index (κ1) is 15.3. The summed E-state index contributed by atoms with van der Waals surface area (Å²) in [5.41, 5.74) is 6.49. The average Bonchev–Trinajstić information content (AvgIpc) is 2.43. The molecule has 0 heterocycles. The normalized spacial score (nSPS) is 9.68. The highest BCUT2D eigenvalue weighted by atomic mass is 19.1. The van der Waals surface area contributed by atoms with Crippen LogP contribution < -0.4 is 11.1 Å². The number of rotatable bonds is 3. The molecular weight excluding hydrogens is 246 g/mol. The van der Waals surface area contributed by atoms with E-state index in [0.29, 0.717) is 17.7 Å². The van der Waals surface area contributed by atoms with Gasteiger partial charge in [0.05, 0.1) is 0 Å². The average molecular weight is 264 g/mol. The molecule has 4 heteroatoms. The molecule has 0 unspecified atom stereocenters. The molecule has 0 fully saturated rings. The van der Waals surface area contributed by atoms with Gasteiger partial charge >= 0.3 is 0 Å². The van der Waals surface area contributed by atoms with Crippen LogP contribution in [0.2, 0.25) is 0 Å². The van der Waals surface area contributed by atoms with Crippen molar-refractivity contribution in [3.05, 3.63) is 71.3 Å². The number of hydrogen-bond acceptors (Lipinski definition) is 2. The minimum absolute atomic E-state index is 0.142. The summed E-state index contributed by atoms with van der Waals surface area (Å²) >= 11 is 0. The van der Waals surface area contributed by atoms with Crippen LogP contribution >= 0.6 is 0 Å². The van der Waals surface area contributed by atoms with Crippen LogP contribution in [0.15, 0.2) is 48.5 Å². The Morgan fingerprint density at radius 3 is 1.74 bits per heavy atom. The van der Waals surface area contributed by atoms with E-state index in [1.165, 1.54) is 12.1 Å². The van der Waals surface area contributed by atoms with E-state index in [1.807, 2.05) is 6.07 Å². The van der Waals surface area contributed by atoms with Crippen molar-refractivity contribution in [2.24, 2.45) is 5.73 Å². The summed E-state index contributed by atoms with van der Waals surface area (Å²) in [6.07, 6.45) is 0. The SMILES string of the molecule is CNCc1ccccc1F.NCc1ccccc1F. The molecule has 0 aromatic heterocycles. The predicted molar refractivity (Wildman–Crippen MR) is 73.5 cm³/mol. The Morgan fingerprint density at radius 1 is 0.895 bits per heavy atom. The summed E-state index contributed by atoms with van der Waals surface area (Å²) in [5.74, 6) is -0.364. The maximum Gasteiger partial charge on any atom is 0.127 e. The fraction of sp³-hybridized carbons (Fsp3) is 0.200. The van der Waals surface area contributed by atoms with Crippen molar-refractivity contribution in [2.75, 3.05) is 7.05 Å². The third kappa shape index (κ3) is 5.16. The molecule has 3 N–H and O–H groups in total. The summed E-state index contributed by atoms with van der Waals surface area (Å²) in [7, 11) is 1.80. The van der Waals surface area contributed by atoms with Crippen molar-refractivity contribution in [3.63, 3.8) is 0 Å². The van der Waals surface area contributed by atoms with Gasteiger partial charge in [0.25, 0.3) is 0 Å². The molecule has 2 rings (SSSR count). The lowest BCUT2D eigenvalue weighted by atomic mass is 10.2. The third-order valence-electron chi connectivity index (χ3n) is 2.50. The molecule has 0 bridgehead atoms. The van der Waals surface area contributed by atoms with Gasteiger partial charge in [0.1, 0.15) is 11.6 Å². The molecule has 2 nitrogen and oxygen atoms in total. The lowest BCUT2D eigenvalue weighted by molar-refractivity contribution is 0.601. The number of halogens is 2. The van der Waals surface area contributed by atoms with E-state index in [2.05, 4.69) is 5.32 Å². The third-order valence-corrected chi connectivity index (χ3v) is 2.50. The van der Waals surface area contributed by atoms with Crippen LogP contribution in [0.4, 0.5) is 8.78 Å². The van der Waals surface area contributed by atoms with Crippen molar-refractivity contribution in [1.29, 1.82) is 0 Å². The van der Waals surface area contributed by atoms with Crippen molar-refractivity contribution >= 4 is 0 Å². The molecule has 0 aliphatic heterocycles. The second-order valence-electron chi connectivity index (χ2n) is 3.92. The van der Waals surface area contributed by atoms with Gasteiger partial charge in [-0.25, -0.2) is 8.78 Å². The fourth-order valence-electron chi connectivity index (χ4n) is 1.50. The van der Waals surface area contributed by atoms with Crippen LogP contribution in [0.5, 0.6) is 0 Å². The number of nitrogens with two attached hydrogens (primary N) is 1. The molecule has 2 aromatic rings. The van der Waals surface area contributed by atoms with Crippen LogP contribution in [0.3, 0.4) is 0 Å². The lowest BCUT2D eigenvalue weighted by Crippen LogP contribution is -2.06. The topological polar surface area (TPSA) is 38.0 Å². The van der Waals surface area contributed by atoms with Crippen LogP contribution in [-0.2, 0) is 13.1 Å². The van der Waals surface area contributed by atoms with E-state index in [1.54, 1.807) is 37.4 Å². The zero-order valence-corrected chi connectivity index (χ0v) is 10.9. The standard InChI is InChI=1S/C8H10FN.C7H8FN/c1-10-6-7-4-2-3-5-8(7)9;8-7-4-2-1-3-6(7)5-9/h2-5,10H,6H2,1H3;1-4H,5,9H2. The Bertz CT molecular complexity index is 501.